The van der Waals surface area contributed by atoms with Crippen LogP contribution in [0.15, 0.2) is 66.7 Å². The normalized spacial score (nSPS) is 15.1. The van der Waals surface area contributed by atoms with E-state index < -0.39 is 0 Å². The van der Waals surface area contributed by atoms with Gasteiger partial charge in [0.15, 0.2) is 0 Å². The summed E-state index contributed by atoms with van der Waals surface area (Å²) >= 11 is 0. The number of benzene rings is 3. The molecule has 1 aliphatic rings. The van der Waals surface area contributed by atoms with Gasteiger partial charge in [0.2, 0.25) is 5.91 Å². The molecule has 32 heavy (non-hydrogen) atoms. The molecule has 0 radical (unpaired) electrons. The summed E-state index contributed by atoms with van der Waals surface area (Å²) in [7, 11) is 0. The zero-order valence-electron chi connectivity index (χ0n) is 18.8. The van der Waals surface area contributed by atoms with E-state index in [9.17, 15) is 4.79 Å². The van der Waals surface area contributed by atoms with Gasteiger partial charge in [-0.1, -0.05) is 48.5 Å². The van der Waals surface area contributed by atoms with Crippen LogP contribution in [0, 0.1) is 5.92 Å². The minimum absolute atomic E-state index is 0.0464. The molecule has 0 atom stereocenters. The summed E-state index contributed by atoms with van der Waals surface area (Å²) in [5.74, 6) is 0.840. The molecule has 0 saturated carbocycles. The van der Waals surface area contributed by atoms with E-state index >= 15 is 0 Å². The van der Waals surface area contributed by atoms with E-state index in [1.54, 1.807) is 0 Å². The minimum Gasteiger partial charge on any atom is -0.494 e. The molecule has 0 spiro atoms. The summed E-state index contributed by atoms with van der Waals surface area (Å²) in [6.07, 6.45) is 6.35. The highest BCUT2D eigenvalue weighted by Crippen LogP contribution is 2.24. The van der Waals surface area contributed by atoms with E-state index in [2.05, 4.69) is 71.6 Å². The number of primary amides is 1. The molecule has 0 bridgehead atoms. The maximum atomic E-state index is 11.4. The fourth-order valence-corrected chi connectivity index (χ4v) is 4.54. The quantitative estimate of drug-likeness (QED) is 0.442. The Morgan fingerprint density at radius 1 is 0.875 bits per heavy atom. The van der Waals surface area contributed by atoms with E-state index in [4.69, 9.17) is 10.5 Å². The molecule has 168 valence electrons. The SMILES string of the molecule is NC(=O)C1CCN(Cc2ccc3cc(OCCCCCc4ccccc4)ccc3c2)CC1. The zero-order chi connectivity index (χ0) is 22.2. The highest BCUT2D eigenvalue weighted by atomic mass is 16.5. The Hall–Kier alpha value is -2.85. The van der Waals surface area contributed by atoms with Crippen molar-refractivity contribution >= 4 is 16.7 Å². The van der Waals surface area contributed by atoms with Gasteiger partial charge in [-0.2, -0.15) is 0 Å². The second-order valence-electron chi connectivity index (χ2n) is 8.94. The number of unbranched alkanes of at least 4 members (excludes halogenated alkanes) is 2. The molecule has 1 saturated heterocycles. The number of carbonyl (C=O) groups excluding carboxylic acids is 1. The first-order valence-electron chi connectivity index (χ1n) is 11.9. The average Bonchev–Trinajstić information content (AvgIpc) is 2.82. The zero-order valence-corrected chi connectivity index (χ0v) is 18.8. The van der Waals surface area contributed by atoms with Gasteiger partial charge in [0.25, 0.3) is 0 Å². The first kappa shape index (κ1) is 22.3. The number of rotatable bonds is 10. The summed E-state index contributed by atoms with van der Waals surface area (Å²) in [6.45, 7) is 3.55. The van der Waals surface area contributed by atoms with Crippen molar-refractivity contribution in [2.75, 3.05) is 19.7 Å². The molecule has 1 amide bonds. The van der Waals surface area contributed by atoms with Crippen molar-refractivity contribution in [1.29, 1.82) is 0 Å². The van der Waals surface area contributed by atoms with Gasteiger partial charge in [0.1, 0.15) is 5.75 Å². The molecular formula is C28H34N2O2. The molecule has 2 N–H and O–H groups in total. The summed E-state index contributed by atoms with van der Waals surface area (Å²) in [5.41, 5.74) is 8.17. The largest absolute Gasteiger partial charge is 0.494 e. The van der Waals surface area contributed by atoms with Crippen molar-refractivity contribution in [3.63, 3.8) is 0 Å². The van der Waals surface area contributed by atoms with Gasteiger partial charge < -0.3 is 10.5 Å². The van der Waals surface area contributed by atoms with Crippen molar-refractivity contribution < 1.29 is 9.53 Å². The van der Waals surface area contributed by atoms with Gasteiger partial charge in [-0.15, -0.1) is 0 Å². The fraction of sp³-hybridized carbons (Fsp3) is 0.393. The highest BCUT2D eigenvalue weighted by molar-refractivity contribution is 5.84. The first-order chi connectivity index (χ1) is 15.7. The van der Waals surface area contributed by atoms with E-state index in [0.717, 1.165) is 57.7 Å². The molecular weight excluding hydrogens is 396 g/mol. The third kappa shape index (κ3) is 6.33. The summed E-state index contributed by atoms with van der Waals surface area (Å²) in [5, 5.41) is 2.45. The number of likely N-dealkylation sites (tertiary alicyclic amines) is 1. The third-order valence-corrected chi connectivity index (χ3v) is 6.49. The molecule has 1 aliphatic heterocycles. The number of fused-ring (bicyclic) bond motifs is 1. The van der Waals surface area contributed by atoms with Crippen LogP contribution in [0.1, 0.15) is 43.2 Å². The van der Waals surface area contributed by atoms with Crippen LogP contribution in [0.4, 0.5) is 0 Å². The van der Waals surface area contributed by atoms with Gasteiger partial charge in [0, 0.05) is 12.5 Å². The van der Waals surface area contributed by atoms with Crippen LogP contribution < -0.4 is 10.5 Å². The summed E-state index contributed by atoms with van der Waals surface area (Å²) < 4.78 is 6.00. The monoisotopic (exact) mass is 430 g/mol. The van der Waals surface area contributed by atoms with E-state index in [0.29, 0.717) is 0 Å². The Kier molecular flexibility index (Phi) is 7.78. The number of aryl methyl sites for hydroxylation is 1. The Bertz CT molecular complexity index is 1010. The number of piperidine rings is 1. The van der Waals surface area contributed by atoms with Gasteiger partial charge >= 0.3 is 0 Å². The van der Waals surface area contributed by atoms with Gasteiger partial charge in [0.05, 0.1) is 6.61 Å². The number of carbonyl (C=O) groups is 1. The number of nitrogens with zero attached hydrogens (tertiary/aromatic N) is 1. The molecule has 1 fully saturated rings. The maximum Gasteiger partial charge on any atom is 0.220 e. The molecule has 0 unspecified atom stereocenters. The lowest BCUT2D eigenvalue weighted by atomic mass is 9.96. The topological polar surface area (TPSA) is 55.6 Å². The van der Waals surface area contributed by atoms with Crippen LogP contribution in [0.3, 0.4) is 0 Å². The van der Waals surface area contributed by atoms with Crippen LogP contribution in [0.25, 0.3) is 10.8 Å². The third-order valence-electron chi connectivity index (χ3n) is 6.49. The number of nitrogens with two attached hydrogens (primary N) is 1. The Morgan fingerprint density at radius 3 is 2.41 bits per heavy atom. The summed E-state index contributed by atoms with van der Waals surface area (Å²) in [4.78, 5) is 13.8. The Morgan fingerprint density at radius 2 is 1.62 bits per heavy atom. The molecule has 4 heteroatoms. The maximum absolute atomic E-state index is 11.4. The fourth-order valence-electron chi connectivity index (χ4n) is 4.54. The molecule has 1 heterocycles. The predicted molar refractivity (Wildman–Crippen MR) is 131 cm³/mol. The lowest BCUT2D eigenvalue weighted by Crippen LogP contribution is -2.38. The highest BCUT2D eigenvalue weighted by Gasteiger charge is 2.22. The number of hydrogen-bond donors (Lipinski definition) is 1. The second kappa shape index (κ2) is 11.1. The molecule has 3 aromatic carbocycles. The average molecular weight is 431 g/mol. The van der Waals surface area contributed by atoms with Crippen molar-refractivity contribution in [3.8, 4) is 5.75 Å². The second-order valence-corrected chi connectivity index (χ2v) is 8.94. The van der Waals surface area contributed by atoms with Gasteiger partial charge in [-0.05, 0) is 91.7 Å². The van der Waals surface area contributed by atoms with Crippen molar-refractivity contribution in [2.24, 2.45) is 11.7 Å². The number of hydrogen-bond acceptors (Lipinski definition) is 3. The predicted octanol–water partition coefficient (Wildman–Crippen LogP) is 5.33. The number of ether oxygens (including phenoxy) is 1. The van der Waals surface area contributed by atoms with Crippen LogP contribution in [-0.4, -0.2) is 30.5 Å². The van der Waals surface area contributed by atoms with Crippen LogP contribution in [0.5, 0.6) is 5.75 Å². The molecule has 4 nitrogen and oxygen atoms in total. The van der Waals surface area contributed by atoms with E-state index in [1.807, 2.05) is 0 Å². The van der Waals surface area contributed by atoms with Crippen molar-refractivity contribution in [2.45, 2.75) is 45.1 Å². The van der Waals surface area contributed by atoms with Gasteiger partial charge in [-0.25, -0.2) is 0 Å². The van der Waals surface area contributed by atoms with E-state index in [-0.39, 0.29) is 11.8 Å². The molecule has 3 aromatic rings. The first-order valence-corrected chi connectivity index (χ1v) is 11.9. The van der Waals surface area contributed by atoms with Crippen LogP contribution in [-0.2, 0) is 17.8 Å². The van der Waals surface area contributed by atoms with E-state index in [1.165, 1.54) is 34.7 Å². The van der Waals surface area contributed by atoms with Crippen molar-refractivity contribution in [1.82, 2.24) is 4.90 Å². The number of amides is 1. The standard InChI is InChI=1S/C28H34N2O2/c29-28(31)24-14-16-30(17-15-24)21-23-10-11-26-20-27(13-12-25(26)19-23)32-18-6-2-5-9-22-7-3-1-4-8-22/h1,3-4,7-8,10-13,19-20,24H,2,5-6,9,14-18,21H2,(H2,29,31). The van der Waals surface area contributed by atoms with Gasteiger partial charge in [-0.3, -0.25) is 9.69 Å². The Balaban J connectivity index is 1.22. The lowest BCUT2D eigenvalue weighted by molar-refractivity contribution is -0.123. The smallest absolute Gasteiger partial charge is 0.220 e. The molecule has 4 rings (SSSR count). The Labute approximate surface area is 191 Å². The van der Waals surface area contributed by atoms with Crippen LogP contribution in [0.2, 0.25) is 0 Å². The molecule has 0 aliphatic carbocycles. The van der Waals surface area contributed by atoms with Crippen molar-refractivity contribution in [3.05, 3.63) is 77.9 Å². The minimum atomic E-state index is -0.152. The van der Waals surface area contributed by atoms with Crippen LogP contribution >= 0.6 is 0 Å². The molecule has 0 aromatic heterocycles. The lowest BCUT2D eigenvalue weighted by Gasteiger charge is -2.30. The summed E-state index contributed by atoms with van der Waals surface area (Å²) in [6, 6.07) is 23.7.